The first-order valence-electron chi connectivity index (χ1n) is 7.84. The van der Waals surface area contributed by atoms with E-state index in [9.17, 15) is 9.59 Å². The van der Waals surface area contributed by atoms with Crippen molar-refractivity contribution < 1.29 is 14.3 Å². The molecular formula is C18H23ClN2O3. The molecule has 130 valence electrons. The molecule has 0 radical (unpaired) electrons. The maximum atomic E-state index is 12.7. The first kappa shape index (κ1) is 18.3. The molecule has 0 bridgehead atoms. The molecule has 0 aromatic heterocycles. The molecule has 0 fully saturated rings. The highest BCUT2D eigenvalue weighted by atomic mass is 35.5. The second-order valence-corrected chi connectivity index (χ2v) is 7.47. The molecule has 2 atom stereocenters. The smallest absolute Gasteiger partial charge is 0.338 e. The molecule has 0 spiro atoms. The number of halogens is 1. The summed E-state index contributed by atoms with van der Waals surface area (Å²) < 4.78 is 5.62. The Morgan fingerprint density at radius 1 is 1.25 bits per heavy atom. The van der Waals surface area contributed by atoms with Gasteiger partial charge in [0.1, 0.15) is 6.10 Å². The third-order valence-corrected chi connectivity index (χ3v) is 4.45. The highest BCUT2D eigenvalue weighted by Crippen LogP contribution is 2.30. The molecule has 1 aliphatic heterocycles. The molecule has 1 aromatic carbocycles. The van der Waals surface area contributed by atoms with Gasteiger partial charge >= 0.3 is 12.0 Å². The van der Waals surface area contributed by atoms with Crippen molar-refractivity contribution in [1.29, 1.82) is 0 Å². The number of benzene rings is 1. The molecule has 1 heterocycles. The van der Waals surface area contributed by atoms with Crippen LogP contribution < -0.4 is 10.6 Å². The largest absolute Gasteiger partial charge is 0.459 e. The fraction of sp³-hybridized carbons (Fsp3) is 0.444. The molecule has 1 aliphatic rings. The summed E-state index contributed by atoms with van der Waals surface area (Å²) in [6.07, 6.45) is -0.270. The maximum absolute atomic E-state index is 12.7. The van der Waals surface area contributed by atoms with Gasteiger partial charge in [-0.25, -0.2) is 9.59 Å². The van der Waals surface area contributed by atoms with Crippen molar-refractivity contribution in [3.63, 3.8) is 0 Å². The molecule has 5 nitrogen and oxygen atoms in total. The average Bonchev–Trinajstić information content (AvgIpc) is 2.45. The minimum Gasteiger partial charge on any atom is -0.459 e. The van der Waals surface area contributed by atoms with Gasteiger partial charge < -0.3 is 15.4 Å². The zero-order valence-corrected chi connectivity index (χ0v) is 15.3. The molecule has 1 aromatic rings. The second kappa shape index (κ2) is 6.85. The van der Waals surface area contributed by atoms with E-state index in [1.165, 1.54) is 0 Å². The van der Waals surface area contributed by atoms with E-state index in [4.69, 9.17) is 16.3 Å². The van der Waals surface area contributed by atoms with Crippen molar-refractivity contribution in [2.75, 3.05) is 0 Å². The number of esters is 1. The average molecular weight is 351 g/mol. The fourth-order valence-electron chi connectivity index (χ4n) is 2.27. The number of urea groups is 1. The van der Waals surface area contributed by atoms with Crippen LogP contribution in [0.25, 0.3) is 0 Å². The van der Waals surface area contributed by atoms with Gasteiger partial charge in [0.15, 0.2) is 0 Å². The molecule has 6 heteroatoms. The summed E-state index contributed by atoms with van der Waals surface area (Å²) in [5.41, 5.74) is 1.48. The van der Waals surface area contributed by atoms with Crippen molar-refractivity contribution in [3.8, 4) is 0 Å². The van der Waals surface area contributed by atoms with E-state index in [2.05, 4.69) is 10.6 Å². The Balaban J connectivity index is 2.35. The summed E-state index contributed by atoms with van der Waals surface area (Å²) in [6, 6.07) is 6.09. The molecule has 24 heavy (non-hydrogen) atoms. The number of amides is 2. The van der Waals surface area contributed by atoms with Gasteiger partial charge in [-0.05, 0) is 37.0 Å². The number of carbonyl (C=O) groups excluding carboxylic acids is 2. The molecule has 0 aliphatic carbocycles. The monoisotopic (exact) mass is 350 g/mol. The van der Waals surface area contributed by atoms with Crippen molar-refractivity contribution in [2.45, 2.75) is 46.8 Å². The van der Waals surface area contributed by atoms with Crippen molar-refractivity contribution in [2.24, 2.45) is 5.41 Å². The van der Waals surface area contributed by atoms with Crippen molar-refractivity contribution >= 4 is 23.6 Å². The molecule has 2 amide bonds. The summed E-state index contributed by atoms with van der Waals surface area (Å²) >= 11 is 5.92. The number of rotatable bonds is 3. The third-order valence-electron chi connectivity index (χ3n) is 4.20. The van der Waals surface area contributed by atoms with Gasteiger partial charge in [0.2, 0.25) is 0 Å². The highest BCUT2D eigenvalue weighted by molar-refractivity contribution is 6.30. The lowest BCUT2D eigenvalue weighted by Gasteiger charge is -2.31. The quantitative estimate of drug-likeness (QED) is 0.811. The minimum absolute atomic E-state index is 0.175. The summed E-state index contributed by atoms with van der Waals surface area (Å²) in [7, 11) is 0. The topological polar surface area (TPSA) is 67.4 Å². The van der Waals surface area contributed by atoms with Crippen LogP contribution in [0, 0.1) is 5.41 Å². The van der Waals surface area contributed by atoms with Crippen LogP contribution in [0.4, 0.5) is 4.79 Å². The number of hydrogen-bond donors (Lipinski definition) is 2. The number of carbonyl (C=O) groups is 2. The predicted molar refractivity (Wildman–Crippen MR) is 93.6 cm³/mol. The lowest BCUT2D eigenvalue weighted by Crippen LogP contribution is -2.46. The fourth-order valence-corrected chi connectivity index (χ4v) is 2.40. The van der Waals surface area contributed by atoms with Gasteiger partial charge in [0, 0.05) is 10.7 Å². The lowest BCUT2D eigenvalue weighted by atomic mass is 9.90. The summed E-state index contributed by atoms with van der Waals surface area (Å²) in [5, 5.41) is 6.00. The molecule has 2 N–H and O–H groups in total. The minimum atomic E-state index is -0.573. The summed E-state index contributed by atoms with van der Waals surface area (Å²) in [5.74, 6) is -0.442. The molecule has 0 unspecified atom stereocenters. The van der Waals surface area contributed by atoms with E-state index < -0.39 is 12.0 Å². The predicted octanol–water partition coefficient (Wildman–Crippen LogP) is 3.95. The number of allylic oxidation sites excluding steroid dienone is 1. The van der Waals surface area contributed by atoms with E-state index in [1.54, 1.807) is 31.2 Å². The van der Waals surface area contributed by atoms with Crippen molar-refractivity contribution in [3.05, 3.63) is 46.1 Å². The molecule has 2 rings (SSSR count). The van der Waals surface area contributed by atoms with Crippen LogP contribution in [0.1, 0.15) is 46.2 Å². The number of ether oxygens (including phenoxy) is 1. The standard InChI is InChI=1S/C18H23ClN2O3/c1-10-14(16(22)24-11(2)18(3,4)5)15(21-17(23)20-10)12-6-8-13(19)9-7-12/h6-9,11,15H,1-5H3,(H2,20,21,23)/t11-,15-/m1/s1. The van der Waals surface area contributed by atoms with Crippen LogP contribution >= 0.6 is 11.6 Å². The van der Waals surface area contributed by atoms with E-state index in [-0.39, 0.29) is 17.6 Å². The highest BCUT2D eigenvalue weighted by Gasteiger charge is 2.34. The van der Waals surface area contributed by atoms with Gasteiger partial charge in [0.05, 0.1) is 11.6 Å². The van der Waals surface area contributed by atoms with Crippen LogP contribution in [0.2, 0.25) is 5.02 Å². The number of hydrogen-bond acceptors (Lipinski definition) is 3. The van der Waals surface area contributed by atoms with E-state index in [0.29, 0.717) is 16.3 Å². The van der Waals surface area contributed by atoms with Crippen molar-refractivity contribution in [1.82, 2.24) is 10.6 Å². The van der Waals surface area contributed by atoms with Gasteiger partial charge in [0.25, 0.3) is 0 Å². The van der Waals surface area contributed by atoms with Gasteiger partial charge in [-0.2, -0.15) is 0 Å². The van der Waals surface area contributed by atoms with E-state index >= 15 is 0 Å². The molecular weight excluding hydrogens is 328 g/mol. The Kier molecular flexibility index (Phi) is 5.23. The Morgan fingerprint density at radius 3 is 2.38 bits per heavy atom. The maximum Gasteiger partial charge on any atom is 0.338 e. The Bertz CT molecular complexity index is 674. The molecule has 0 saturated carbocycles. The SMILES string of the molecule is CC1=C(C(=O)O[C@H](C)C(C)(C)C)[C@@H](c2ccc(Cl)cc2)NC(=O)N1. The van der Waals surface area contributed by atoms with Gasteiger partial charge in [-0.3, -0.25) is 0 Å². The third kappa shape index (κ3) is 4.09. The Morgan fingerprint density at radius 2 is 1.83 bits per heavy atom. The zero-order valence-electron chi connectivity index (χ0n) is 14.6. The van der Waals surface area contributed by atoms with E-state index in [0.717, 1.165) is 5.56 Å². The van der Waals surface area contributed by atoms with Gasteiger partial charge in [-0.15, -0.1) is 0 Å². The van der Waals surface area contributed by atoms with E-state index in [1.807, 2.05) is 27.7 Å². The first-order chi connectivity index (χ1) is 11.1. The zero-order chi connectivity index (χ0) is 18.1. The molecule has 0 saturated heterocycles. The Hall–Kier alpha value is -2.01. The normalized spacial score (nSPS) is 19.4. The Labute approximate surface area is 147 Å². The van der Waals surface area contributed by atoms with Crippen LogP contribution in [0.5, 0.6) is 0 Å². The van der Waals surface area contributed by atoms with Gasteiger partial charge in [-0.1, -0.05) is 44.5 Å². The lowest BCUT2D eigenvalue weighted by molar-refractivity contribution is -0.149. The summed E-state index contributed by atoms with van der Waals surface area (Å²) in [6.45, 7) is 9.57. The first-order valence-corrected chi connectivity index (χ1v) is 8.22. The van der Waals surface area contributed by atoms with Crippen LogP contribution in [-0.2, 0) is 9.53 Å². The number of nitrogens with one attached hydrogen (secondary N) is 2. The van der Waals surface area contributed by atoms with Crippen LogP contribution in [-0.4, -0.2) is 18.1 Å². The second-order valence-electron chi connectivity index (χ2n) is 7.04. The van der Waals surface area contributed by atoms with Crippen LogP contribution in [0.15, 0.2) is 35.5 Å². The summed E-state index contributed by atoms with van der Waals surface area (Å²) in [4.78, 5) is 24.6. The van der Waals surface area contributed by atoms with Crippen LogP contribution in [0.3, 0.4) is 0 Å².